The van der Waals surface area contributed by atoms with Crippen LogP contribution >= 0.6 is 23.1 Å². The van der Waals surface area contributed by atoms with E-state index >= 15 is 0 Å². The van der Waals surface area contributed by atoms with E-state index in [1.807, 2.05) is 16.9 Å². The maximum atomic E-state index is 13.4. The van der Waals surface area contributed by atoms with Crippen molar-refractivity contribution in [1.82, 2.24) is 4.57 Å². The summed E-state index contributed by atoms with van der Waals surface area (Å²) in [5.74, 6) is -0.570. The van der Waals surface area contributed by atoms with Gasteiger partial charge < -0.3 is 9.30 Å². The quantitative estimate of drug-likeness (QED) is 0.608. The first-order valence-electron chi connectivity index (χ1n) is 8.08. The van der Waals surface area contributed by atoms with Gasteiger partial charge >= 0.3 is 5.97 Å². The van der Waals surface area contributed by atoms with Gasteiger partial charge in [-0.3, -0.25) is 4.79 Å². The Kier molecular flexibility index (Phi) is 6.08. The fourth-order valence-electron chi connectivity index (χ4n) is 2.57. The minimum Gasteiger partial charge on any atom is -0.465 e. The Balaban J connectivity index is 2.11. The van der Waals surface area contributed by atoms with E-state index in [4.69, 9.17) is 4.74 Å². The van der Waals surface area contributed by atoms with Gasteiger partial charge in [-0.05, 0) is 42.7 Å². The zero-order valence-electron chi connectivity index (χ0n) is 14.8. The molecule has 5 nitrogen and oxygen atoms in total. The number of hydrogen-bond donors (Lipinski definition) is 0. The maximum Gasteiger partial charge on any atom is 0.337 e. The van der Waals surface area contributed by atoms with Crippen LogP contribution in [-0.2, 0) is 11.3 Å². The van der Waals surface area contributed by atoms with Crippen LogP contribution in [0.5, 0.6) is 0 Å². The van der Waals surface area contributed by atoms with Crippen LogP contribution in [0.4, 0.5) is 4.39 Å². The number of fused-ring (bicyclic) bond motifs is 1. The highest BCUT2D eigenvalue weighted by atomic mass is 32.2. The second-order valence-electron chi connectivity index (χ2n) is 5.63. The molecule has 0 fully saturated rings. The molecule has 3 rings (SSSR count). The number of hydrogen-bond acceptors (Lipinski definition) is 5. The molecular formula is C19H17FN2O3S2. The number of rotatable bonds is 5. The van der Waals surface area contributed by atoms with Gasteiger partial charge in [-0.25, -0.2) is 9.18 Å². The average molecular weight is 404 g/mol. The van der Waals surface area contributed by atoms with Crippen LogP contribution in [-0.4, -0.2) is 35.6 Å². The van der Waals surface area contributed by atoms with E-state index in [2.05, 4.69) is 4.99 Å². The van der Waals surface area contributed by atoms with Gasteiger partial charge in [-0.1, -0.05) is 17.4 Å². The summed E-state index contributed by atoms with van der Waals surface area (Å²) in [7, 11) is 1.33. The number of aryl methyl sites for hydroxylation is 1. The number of benzene rings is 2. The molecule has 0 saturated carbocycles. The molecule has 27 heavy (non-hydrogen) atoms. The predicted molar refractivity (Wildman–Crippen MR) is 106 cm³/mol. The van der Waals surface area contributed by atoms with E-state index in [0.717, 1.165) is 16.0 Å². The van der Waals surface area contributed by atoms with Crippen molar-refractivity contribution < 1.29 is 18.7 Å². The second kappa shape index (κ2) is 8.49. The van der Waals surface area contributed by atoms with Gasteiger partial charge in [0.05, 0.1) is 22.9 Å². The molecule has 0 aliphatic heterocycles. The average Bonchev–Trinajstić information content (AvgIpc) is 3.01. The number of esters is 1. The summed E-state index contributed by atoms with van der Waals surface area (Å²) < 4.78 is 20.9. The Labute approximate surface area is 163 Å². The third-order valence-corrected chi connectivity index (χ3v) is 5.52. The third-order valence-electron chi connectivity index (χ3n) is 3.89. The molecule has 8 heteroatoms. The van der Waals surface area contributed by atoms with Gasteiger partial charge in [0.25, 0.3) is 5.91 Å². The highest BCUT2D eigenvalue weighted by Gasteiger charge is 2.13. The number of amides is 1. The minimum atomic E-state index is -0.507. The summed E-state index contributed by atoms with van der Waals surface area (Å²) >= 11 is 2.99. The molecular weight excluding hydrogens is 387 g/mol. The third kappa shape index (κ3) is 4.28. The highest BCUT2D eigenvalue weighted by Crippen LogP contribution is 2.20. The van der Waals surface area contributed by atoms with Crippen LogP contribution in [0.1, 0.15) is 20.7 Å². The number of halogens is 1. The molecule has 0 unspecified atom stereocenters. The zero-order chi connectivity index (χ0) is 19.4. The number of nitrogens with zero attached hydrogens (tertiary/aromatic N) is 2. The number of carbonyl (C=O) groups excluding carboxylic acids is 2. The lowest BCUT2D eigenvalue weighted by molar-refractivity contribution is 0.0601. The van der Waals surface area contributed by atoms with Crippen molar-refractivity contribution >= 4 is 45.2 Å². The molecule has 0 aliphatic carbocycles. The van der Waals surface area contributed by atoms with Gasteiger partial charge in [0.2, 0.25) is 0 Å². The fraction of sp³-hybridized carbons (Fsp3) is 0.211. The molecule has 0 bridgehead atoms. The molecule has 0 aliphatic rings. The van der Waals surface area contributed by atoms with Crippen LogP contribution in [0.3, 0.4) is 0 Å². The number of thioether (sulfide) groups is 1. The molecule has 2 aromatic carbocycles. The lowest BCUT2D eigenvalue weighted by Gasteiger charge is -2.04. The molecule has 1 amide bonds. The smallest absolute Gasteiger partial charge is 0.337 e. The Morgan fingerprint density at radius 2 is 2.04 bits per heavy atom. The highest BCUT2D eigenvalue weighted by molar-refractivity contribution is 7.98. The minimum absolute atomic E-state index is 0.194. The summed E-state index contributed by atoms with van der Waals surface area (Å²) in [6.07, 6.45) is 2.00. The molecule has 0 N–H and O–H groups in total. The Morgan fingerprint density at radius 3 is 2.74 bits per heavy atom. The lowest BCUT2D eigenvalue weighted by atomic mass is 10.2. The number of methoxy groups -OCH3 is 1. The SMILES string of the molecule is COC(=O)c1ccc2c(c1)sc(=NC(=O)c1cccc(F)c1)n2CCSC. The molecule has 0 radical (unpaired) electrons. The Hall–Kier alpha value is -2.45. The normalized spacial score (nSPS) is 11.7. The Bertz CT molecular complexity index is 1070. The zero-order valence-corrected chi connectivity index (χ0v) is 16.4. The van der Waals surface area contributed by atoms with E-state index in [1.165, 1.54) is 42.7 Å². The van der Waals surface area contributed by atoms with E-state index in [0.29, 0.717) is 16.9 Å². The second-order valence-corrected chi connectivity index (χ2v) is 7.63. The fourth-order valence-corrected chi connectivity index (χ4v) is 4.03. The molecule has 1 heterocycles. The molecule has 140 valence electrons. The predicted octanol–water partition coefficient (Wildman–Crippen LogP) is 3.73. The van der Waals surface area contributed by atoms with Crippen LogP contribution in [0.2, 0.25) is 0 Å². The standard InChI is InChI=1S/C19H17FN2O3S2/c1-25-18(24)13-6-7-15-16(11-13)27-19(22(15)8-9-26-2)21-17(23)12-4-3-5-14(20)10-12/h3-7,10-11H,8-9H2,1-2H3. The van der Waals surface area contributed by atoms with Crippen LogP contribution in [0.25, 0.3) is 10.2 Å². The van der Waals surface area contributed by atoms with Crippen molar-refractivity contribution in [1.29, 1.82) is 0 Å². The summed E-state index contributed by atoms with van der Waals surface area (Å²) in [6, 6.07) is 10.7. The Morgan fingerprint density at radius 1 is 1.22 bits per heavy atom. The molecule has 1 aromatic heterocycles. The van der Waals surface area contributed by atoms with Crippen molar-refractivity contribution in [3.05, 3.63) is 64.2 Å². The van der Waals surface area contributed by atoms with Gasteiger partial charge in [-0.2, -0.15) is 16.8 Å². The monoisotopic (exact) mass is 404 g/mol. The summed E-state index contributed by atoms with van der Waals surface area (Å²) in [4.78, 5) is 29.0. The lowest BCUT2D eigenvalue weighted by Crippen LogP contribution is -2.18. The van der Waals surface area contributed by atoms with Crippen molar-refractivity contribution in [2.24, 2.45) is 4.99 Å². The van der Waals surface area contributed by atoms with E-state index in [9.17, 15) is 14.0 Å². The van der Waals surface area contributed by atoms with Crippen LogP contribution in [0, 0.1) is 5.82 Å². The topological polar surface area (TPSA) is 60.7 Å². The first-order chi connectivity index (χ1) is 13.0. The van der Waals surface area contributed by atoms with Crippen molar-refractivity contribution in [3.63, 3.8) is 0 Å². The van der Waals surface area contributed by atoms with E-state index in [1.54, 1.807) is 23.9 Å². The summed E-state index contributed by atoms with van der Waals surface area (Å²) in [5, 5.41) is 0. The number of thiazole rings is 1. The first-order valence-corrected chi connectivity index (χ1v) is 10.3. The van der Waals surface area contributed by atoms with E-state index < -0.39 is 17.7 Å². The van der Waals surface area contributed by atoms with E-state index in [-0.39, 0.29) is 5.56 Å². The van der Waals surface area contributed by atoms with Gasteiger partial charge in [0.1, 0.15) is 5.82 Å². The summed E-state index contributed by atoms with van der Waals surface area (Å²) in [5.41, 5.74) is 1.51. The van der Waals surface area contributed by atoms with Gasteiger partial charge in [0.15, 0.2) is 4.80 Å². The summed E-state index contributed by atoms with van der Waals surface area (Å²) in [6.45, 7) is 0.661. The molecule has 3 aromatic rings. The number of ether oxygens (including phenoxy) is 1. The van der Waals surface area contributed by atoms with Crippen molar-refractivity contribution in [2.45, 2.75) is 6.54 Å². The molecule has 0 spiro atoms. The van der Waals surface area contributed by atoms with Crippen molar-refractivity contribution in [3.8, 4) is 0 Å². The first kappa shape index (κ1) is 19.3. The van der Waals surface area contributed by atoms with Gasteiger partial charge in [0, 0.05) is 17.9 Å². The van der Waals surface area contributed by atoms with Crippen LogP contribution < -0.4 is 4.80 Å². The van der Waals surface area contributed by atoms with Crippen LogP contribution in [0.15, 0.2) is 47.5 Å². The van der Waals surface area contributed by atoms with Crippen molar-refractivity contribution in [2.75, 3.05) is 19.1 Å². The molecule has 0 saturated heterocycles. The number of aromatic nitrogens is 1. The number of carbonyl (C=O) groups is 2. The largest absolute Gasteiger partial charge is 0.465 e. The molecule has 0 atom stereocenters. The van der Waals surface area contributed by atoms with Gasteiger partial charge in [-0.15, -0.1) is 0 Å². The maximum absolute atomic E-state index is 13.4.